The van der Waals surface area contributed by atoms with Crippen LogP contribution in [0.5, 0.6) is 0 Å². The number of hydrogen-bond acceptors (Lipinski definition) is 3. The van der Waals surface area contributed by atoms with E-state index < -0.39 is 68.2 Å². The topological polar surface area (TPSA) is 43.4 Å². The smallest absolute Gasteiger partial charge is 0.266 e. The van der Waals surface area contributed by atoms with Crippen LogP contribution in [0, 0.1) is 12.3 Å². The zero-order chi connectivity index (χ0) is 20.6. The van der Waals surface area contributed by atoms with Gasteiger partial charge in [-0.3, -0.25) is 4.18 Å². The summed E-state index contributed by atoms with van der Waals surface area (Å²) in [5.74, 6) is 0. The van der Waals surface area contributed by atoms with Gasteiger partial charge in [0, 0.05) is 0 Å². The Labute approximate surface area is 154 Å². The van der Waals surface area contributed by atoms with E-state index in [1.807, 2.05) is 0 Å². The predicted molar refractivity (Wildman–Crippen MR) is 78.2 cm³/mol. The van der Waals surface area contributed by atoms with E-state index in [4.69, 9.17) is 0 Å². The summed E-state index contributed by atoms with van der Waals surface area (Å²) in [5, 5.41) is 0. The molecule has 6 fully saturated rings. The second kappa shape index (κ2) is 3.61. The molecule has 0 bridgehead atoms. The van der Waals surface area contributed by atoms with Crippen molar-refractivity contribution < 1.29 is 43.3 Å². The van der Waals surface area contributed by atoms with E-state index in [2.05, 4.69) is 4.18 Å². The maximum Gasteiger partial charge on any atom is 0.296 e. The molecule has 0 atom stereocenters. The van der Waals surface area contributed by atoms with E-state index in [1.165, 1.54) is 24.3 Å². The number of rotatable bonds is 5. The van der Waals surface area contributed by atoms with Gasteiger partial charge in [0.15, 0.2) is 0 Å². The number of hydrogen-bond donors (Lipinski definition) is 0. The lowest BCUT2D eigenvalue weighted by Gasteiger charge is -3.14. The van der Waals surface area contributed by atoms with Crippen molar-refractivity contribution >= 4 is 10.1 Å². The Morgan fingerprint density at radius 2 is 1.14 bits per heavy atom. The van der Waals surface area contributed by atoms with E-state index in [0.717, 1.165) is 5.56 Å². The fourth-order valence-corrected chi connectivity index (χ4v) is 8.16. The van der Waals surface area contributed by atoms with Gasteiger partial charge in [-0.2, -0.15) is 8.42 Å². The molecular weight excluding hydrogens is 417 g/mol. The Morgan fingerprint density at radius 1 is 0.750 bits per heavy atom. The van der Waals surface area contributed by atoms with Gasteiger partial charge >= 0.3 is 0 Å². The second-order valence-electron chi connectivity index (χ2n) is 8.35. The van der Waals surface area contributed by atoms with Gasteiger partial charge in [0.05, 0.1) is 16.9 Å². The van der Waals surface area contributed by atoms with E-state index in [-0.39, 0.29) is 4.90 Å². The van der Waals surface area contributed by atoms with Crippen LogP contribution in [0.25, 0.3) is 0 Å². The van der Waals surface area contributed by atoms with Gasteiger partial charge < -0.3 is 0 Å². The van der Waals surface area contributed by atoms with Crippen LogP contribution in [0.4, 0.5) is 30.7 Å². The third-order valence-electron chi connectivity index (χ3n) is 8.06. The van der Waals surface area contributed by atoms with Crippen molar-refractivity contribution in [2.75, 3.05) is 6.61 Å². The van der Waals surface area contributed by atoms with Gasteiger partial charge in [0.1, 0.15) is 0 Å². The second-order valence-corrected chi connectivity index (χ2v) is 9.97. The lowest BCUT2D eigenvalue weighted by atomic mass is 8.88. The first kappa shape index (κ1) is 17.5. The number of alkyl halides is 7. The van der Waals surface area contributed by atoms with Crippen LogP contribution in [0.2, 0.25) is 0 Å². The molecule has 0 unspecified atom stereocenters. The van der Waals surface area contributed by atoms with Crippen molar-refractivity contribution in [1.82, 2.24) is 0 Å². The SMILES string of the molecule is Cc1ccc(S(=O)(=O)OCCC23C4(F)C5(F)C6(F)C4(F)C2(F)C6(F)C53F)cc1. The van der Waals surface area contributed by atoms with Crippen LogP contribution < -0.4 is 0 Å². The van der Waals surface area contributed by atoms with Crippen LogP contribution in [-0.4, -0.2) is 54.7 Å². The highest BCUT2D eigenvalue weighted by Crippen LogP contribution is 3.19. The van der Waals surface area contributed by atoms with E-state index in [0.29, 0.717) is 0 Å². The third kappa shape index (κ3) is 0.807. The maximum atomic E-state index is 14.9. The number of benzene rings is 1. The van der Waals surface area contributed by atoms with Gasteiger partial charge in [-0.05, 0) is 25.5 Å². The molecule has 6 aliphatic rings. The number of aryl methyl sites for hydroxylation is 1. The molecule has 0 N–H and O–H groups in total. The quantitative estimate of drug-likeness (QED) is 0.535. The summed E-state index contributed by atoms with van der Waals surface area (Å²) in [4.78, 5) is -0.305. The van der Waals surface area contributed by atoms with Crippen LogP contribution in [0.1, 0.15) is 12.0 Å². The molecule has 7 rings (SSSR count). The summed E-state index contributed by atoms with van der Waals surface area (Å²) < 4.78 is 131. The molecule has 1 aromatic rings. The molecule has 0 saturated heterocycles. The molecule has 6 saturated carbocycles. The fourth-order valence-electron chi connectivity index (χ4n) is 7.26. The summed E-state index contributed by atoms with van der Waals surface area (Å²) in [5.41, 5.74) is -30.6. The standard InChI is InChI=1S/C17H11F7O3S/c1-8-2-4-9(5-3-8)28(25,26)27-7-6-10-11(18)14(21)12(10,19)16(23)13(10,20)15(11,22)17(14,16)24/h2-5H,6-7H2,1H3. The molecule has 0 radical (unpaired) electrons. The minimum Gasteiger partial charge on any atom is -0.266 e. The minimum absolute atomic E-state index is 0.305. The molecule has 6 aliphatic carbocycles. The van der Waals surface area contributed by atoms with E-state index >= 15 is 0 Å². The Hall–Kier alpha value is -1.36. The average Bonchev–Trinajstić information content (AvgIpc) is 2.65. The van der Waals surface area contributed by atoms with Crippen molar-refractivity contribution in [2.24, 2.45) is 5.41 Å². The molecule has 0 spiro atoms. The first-order valence-electron chi connectivity index (χ1n) is 8.49. The summed E-state index contributed by atoms with van der Waals surface area (Å²) in [7, 11) is -4.42. The lowest BCUT2D eigenvalue weighted by Crippen LogP contribution is -3.44. The van der Waals surface area contributed by atoms with Crippen molar-refractivity contribution in [3.8, 4) is 0 Å². The van der Waals surface area contributed by atoms with Gasteiger partial charge in [0.25, 0.3) is 10.1 Å². The van der Waals surface area contributed by atoms with Gasteiger partial charge in [0.2, 0.25) is 39.7 Å². The summed E-state index contributed by atoms with van der Waals surface area (Å²) in [6.07, 6.45) is -1.17. The van der Waals surface area contributed by atoms with Crippen molar-refractivity contribution in [3.05, 3.63) is 29.8 Å². The maximum absolute atomic E-state index is 14.9. The van der Waals surface area contributed by atoms with Crippen molar-refractivity contribution in [2.45, 2.75) is 57.9 Å². The molecule has 28 heavy (non-hydrogen) atoms. The highest BCUT2D eigenvalue weighted by atomic mass is 32.2. The molecular formula is C17H11F7O3S. The van der Waals surface area contributed by atoms with Crippen molar-refractivity contribution in [3.63, 3.8) is 0 Å². The third-order valence-corrected chi connectivity index (χ3v) is 9.39. The first-order valence-corrected chi connectivity index (χ1v) is 9.90. The van der Waals surface area contributed by atoms with E-state index in [1.54, 1.807) is 6.92 Å². The summed E-state index contributed by atoms with van der Waals surface area (Å²) in [6.45, 7) is 0.635. The molecule has 0 heterocycles. The van der Waals surface area contributed by atoms with Crippen LogP contribution in [0.15, 0.2) is 29.2 Å². The van der Waals surface area contributed by atoms with Gasteiger partial charge in [-0.15, -0.1) is 0 Å². The molecule has 11 heteroatoms. The first-order chi connectivity index (χ1) is 12.7. The summed E-state index contributed by atoms with van der Waals surface area (Å²) in [6, 6.07) is 5.28. The highest BCUT2D eigenvalue weighted by Gasteiger charge is 3.49. The lowest BCUT2D eigenvalue weighted by molar-refractivity contribution is -0.804. The van der Waals surface area contributed by atoms with Gasteiger partial charge in [-0.1, -0.05) is 17.7 Å². The van der Waals surface area contributed by atoms with Crippen LogP contribution in [-0.2, 0) is 14.3 Å². The molecule has 0 amide bonds. The average molecular weight is 428 g/mol. The van der Waals surface area contributed by atoms with Gasteiger partial charge in [-0.25, -0.2) is 30.7 Å². The summed E-state index contributed by atoms with van der Waals surface area (Å²) >= 11 is 0. The molecule has 1 aromatic carbocycles. The van der Waals surface area contributed by atoms with Crippen LogP contribution in [0.3, 0.4) is 0 Å². The Bertz CT molecular complexity index is 1010. The van der Waals surface area contributed by atoms with Crippen LogP contribution >= 0.6 is 0 Å². The zero-order valence-electron chi connectivity index (χ0n) is 14.0. The fraction of sp³-hybridized carbons (Fsp3) is 0.647. The van der Waals surface area contributed by atoms with E-state index in [9.17, 15) is 39.2 Å². The highest BCUT2D eigenvalue weighted by molar-refractivity contribution is 7.86. The molecule has 152 valence electrons. The number of halogens is 7. The predicted octanol–water partition coefficient (Wildman–Crippen LogP) is 3.10. The largest absolute Gasteiger partial charge is 0.296 e. The normalized spacial score (nSPS) is 61.3. The molecule has 0 aliphatic heterocycles. The monoisotopic (exact) mass is 428 g/mol. The molecule has 3 nitrogen and oxygen atoms in total. The Balaban J connectivity index is 1.29. The van der Waals surface area contributed by atoms with Crippen molar-refractivity contribution in [1.29, 1.82) is 0 Å². The Morgan fingerprint density at radius 3 is 1.57 bits per heavy atom. The molecule has 0 aromatic heterocycles. The Kier molecular flexibility index (Phi) is 2.26. The minimum atomic E-state index is -4.42. The zero-order valence-corrected chi connectivity index (χ0v) is 14.8.